The van der Waals surface area contributed by atoms with Crippen molar-refractivity contribution in [2.75, 3.05) is 14.1 Å². The minimum Gasteiger partial charge on any atom is -0.389 e. The third-order valence-corrected chi connectivity index (χ3v) is 7.45. The fraction of sp³-hybridized carbons (Fsp3) is 0.379. The fourth-order valence-electron chi connectivity index (χ4n) is 5.63. The van der Waals surface area contributed by atoms with Gasteiger partial charge in [-0.1, -0.05) is 91.0 Å². The van der Waals surface area contributed by atoms with Gasteiger partial charge in [0.25, 0.3) is 0 Å². The van der Waals surface area contributed by atoms with Gasteiger partial charge in [0.2, 0.25) is 0 Å². The Morgan fingerprint density at radius 1 is 0.742 bits per heavy atom. The summed E-state index contributed by atoms with van der Waals surface area (Å²) in [5.74, 6) is 0.282. The van der Waals surface area contributed by atoms with Crippen molar-refractivity contribution >= 4 is 0 Å². The molecule has 2 heteroatoms. The van der Waals surface area contributed by atoms with Crippen LogP contribution in [0.15, 0.2) is 91.0 Å². The van der Waals surface area contributed by atoms with E-state index in [4.69, 9.17) is 0 Å². The van der Waals surface area contributed by atoms with Gasteiger partial charge in [0, 0.05) is 18.4 Å². The van der Waals surface area contributed by atoms with Crippen LogP contribution in [0, 0.1) is 5.92 Å². The zero-order valence-electron chi connectivity index (χ0n) is 18.9. The minimum atomic E-state index is -0.738. The molecule has 3 aromatic rings. The molecular formula is C29H35NO. The summed E-state index contributed by atoms with van der Waals surface area (Å²) in [7, 11) is 4.40. The van der Waals surface area contributed by atoms with Crippen LogP contribution in [0.25, 0.3) is 0 Å². The molecule has 0 heterocycles. The van der Waals surface area contributed by atoms with Gasteiger partial charge in [-0.05, 0) is 62.4 Å². The molecular weight excluding hydrogens is 378 g/mol. The van der Waals surface area contributed by atoms with E-state index >= 15 is 0 Å². The number of hydrogen-bond acceptors (Lipinski definition) is 2. The van der Waals surface area contributed by atoms with Crippen molar-refractivity contribution in [3.8, 4) is 0 Å². The molecule has 1 saturated carbocycles. The maximum Gasteiger partial charge on any atom is 0.0756 e. The zero-order chi connectivity index (χ0) is 21.7. The Morgan fingerprint density at radius 2 is 1.16 bits per heavy atom. The molecule has 0 unspecified atom stereocenters. The van der Waals surface area contributed by atoms with E-state index in [-0.39, 0.29) is 11.5 Å². The molecule has 31 heavy (non-hydrogen) atoms. The van der Waals surface area contributed by atoms with Crippen LogP contribution in [-0.2, 0) is 18.4 Å². The lowest BCUT2D eigenvalue weighted by Gasteiger charge is -2.49. The first-order valence-corrected chi connectivity index (χ1v) is 11.6. The number of hydrogen-bond donors (Lipinski definition) is 1. The van der Waals surface area contributed by atoms with Crippen molar-refractivity contribution in [1.29, 1.82) is 0 Å². The number of nitrogens with zero attached hydrogens (tertiary/aromatic N) is 1. The number of benzene rings is 3. The van der Waals surface area contributed by atoms with Gasteiger partial charge in [0.05, 0.1) is 5.60 Å². The van der Waals surface area contributed by atoms with Gasteiger partial charge < -0.3 is 5.11 Å². The highest BCUT2D eigenvalue weighted by molar-refractivity contribution is 5.27. The van der Waals surface area contributed by atoms with E-state index in [1.165, 1.54) is 16.7 Å². The first kappa shape index (κ1) is 21.8. The second kappa shape index (κ2) is 9.38. The van der Waals surface area contributed by atoms with Crippen molar-refractivity contribution in [3.63, 3.8) is 0 Å². The van der Waals surface area contributed by atoms with E-state index in [0.717, 1.165) is 25.7 Å². The van der Waals surface area contributed by atoms with Crippen LogP contribution in [0.2, 0.25) is 0 Å². The van der Waals surface area contributed by atoms with Crippen LogP contribution in [-0.4, -0.2) is 29.7 Å². The van der Waals surface area contributed by atoms with Crippen LogP contribution in [0.3, 0.4) is 0 Å². The first-order valence-electron chi connectivity index (χ1n) is 11.6. The maximum atomic E-state index is 12.1. The molecule has 0 aromatic heterocycles. The highest BCUT2D eigenvalue weighted by Crippen LogP contribution is 2.47. The Hall–Kier alpha value is -2.42. The number of aliphatic hydroxyl groups is 1. The van der Waals surface area contributed by atoms with Crippen molar-refractivity contribution in [1.82, 2.24) is 4.90 Å². The summed E-state index contributed by atoms with van der Waals surface area (Å²) in [6, 6.07) is 31.9. The van der Waals surface area contributed by atoms with Crippen LogP contribution < -0.4 is 0 Å². The predicted octanol–water partition coefficient (Wildman–Crippen LogP) is 5.85. The summed E-state index contributed by atoms with van der Waals surface area (Å²) in [4.78, 5) is 2.39. The summed E-state index contributed by atoms with van der Waals surface area (Å²) in [6.45, 7) is 0. The molecule has 1 aliphatic rings. The zero-order valence-corrected chi connectivity index (χ0v) is 18.9. The van der Waals surface area contributed by atoms with Gasteiger partial charge in [-0.3, -0.25) is 4.90 Å². The second-order valence-corrected chi connectivity index (χ2v) is 9.49. The normalized spacial score (nSPS) is 21.9. The first-order chi connectivity index (χ1) is 15.0. The third kappa shape index (κ3) is 4.76. The molecule has 0 spiro atoms. The Morgan fingerprint density at radius 3 is 1.58 bits per heavy atom. The van der Waals surface area contributed by atoms with Crippen molar-refractivity contribution in [2.45, 2.75) is 49.7 Å². The molecule has 1 fully saturated rings. The van der Waals surface area contributed by atoms with E-state index in [9.17, 15) is 5.11 Å². The molecule has 162 valence electrons. The van der Waals surface area contributed by atoms with Gasteiger partial charge >= 0.3 is 0 Å². The molecule has 0 amide bonds. The Labute approximate surface area is 187 Å². The molecule has 0 saturated heterocycles. The van der Waals surface area contributed by atoms with E-state index in [1.54, 1.807) is 0 Å². The summed E-state index contributed by atoms with van der Waals surface area (Å²) < 4.78 is 0. The van der Waals surface area contributed by atoms with Crippen molar-refractivity contribution < 1.29 is 5.11 Å². The summed E-state index contributed by atoms with van der Waals surface area (Å²) in [5.41, 5.74) is 3.14. The summed E-state index contributed by atoms with van der Waals surface area (Å²) in [6.07, 6.45) is 5.61. The standard InChI is InChI=1S/C29H35NO/c1-30(2)28(26-16-10-5-11-17-26)20-18-27(19-21-28)29(31,22-24-12-6-3-7-13-24)23-25-14-8-4-9-15-25/h3-17,27,31H,18-23H2,1-2H3. The van der Waals surface area contributed by atoms with Crippen molar-refractivity contribution in [2.24, 2.45) is 5.92 Å². The molecule has 0 aliphatic heterocycles. The lowest BCUT2D eigenvalue weighted by molar-refractivity contribution is -0.0547. The quantitative estimate of drug-likeness (QED) is 0.525. The lowest BCUT2D eigenvalue weighted by atomic mass is 9.65. The van der Waals surface area contributed by atoms with E-state index in [2.05, 4.69) is 97.9 Å². The van der Waals surface area contributed by atoms with Crippen molar-refractivity contribution in [3.05, 3.63) is 108 Å². The topological polar surface area (TPSA) is 23.5 Å². The molecule has 1 aliphatic carbocycles. The molecule has 4 rings (SSSR count). The predicted molar refractivity (Wildman–Crippen MR) is 129 cm³/mol. The monoisotopic (exact) mass is 413 g/mol. The maximum absolute atomic E-state index is 12.1. The average molecular weight is 414 g/mol. The fourth-order valence-corrected chi connectivity index (χ4v) is 5.63. The van der Waals surface area contributed by atoms with Gasteiger partial charge in [-0.2, -0.15) is 0 Å². The minimum absolute atomic E-state index is 0.0537. The molecule has 0 bridgehead atoms. The lowest BCUT2D eigenvalue weighted by Crippen LogP contribution is -2.50. The van der Waals surface area contributed by atoms with Crippen LogP contribution in [0.4, 0.5) is 0 Å². The molecule has 3 aromatic carbocycles. The molecule has 2 nitrogen and oxygen atoms in total. The largest absolute Gasteiger partial charge is 0.389 e. The Balaban J connectivity index is 1.59. The van der Waals surface area contributed by atoms with Crippen LogP contribution >= 0.6 is 0 Å². The van der Waals surface area contributed by atoms with Gasteiger partial charge in [0.15, 0.2) is 0 Å². The van der Waals surface area contributed by atoms with Crippen LogP contribution in [0.5, 0.6) is 0 Å². The van der Waals surface area contributed by atoms with Crippen LogP contribution in [0.1, 0.15) is 42.4 Å². The Kier molecular flexibility index (Phi) is 6.60. The Bertz CT molecular complexity index is 887. The average Bonchev–Trinajstić information content (AvgIpc) is 2.81. The summed E-state index contributed by atoms with van der Waals surface area (Å²) in [5, 5.41) is 12.1. The van der Waals surface area contributed by atoms with E-state index in [0.29, 0.717) is 12.8 Å². The van der Waals surface area contributed by atoms with Gasteiger partial charge in [-0.15, -0.1) is 0 Å². The van der Waals surface area contributed by atoms with Gasteiger partial charge in [-0.25, -0.2) is 0 Å². The SMILES string of the molecule is CN(C)C1(c2ccccc2)CCC(C(O)(Cc2ccccc2)Cc2ccccc2)CC1. The highest BCUT2D eigenvalue weighted by atomic mass is 16.3. The van der Waals surface area contributed by atoms with Gasteiger partial charge in [0.1, 0.15) is 0 Å². The molecule has 0 atom stereocenters. The second-order valence-electron chi connectivity index (χ2n) is 9.49. The third-order valence-electron chi connectivity index (χ3n) is 7.45. The van der Waals surface area contributed by atoms with E-state index < -0.39 is 5.60 Å². The molecule has 0 radical (unpaired) electrons. The highest BCUT2D eigenvalue weighted by Gasteiger charge is 2.45. The summed E-state index contributed by atoms with van der Waals surface area (Å²) >= 11 is 0. The molecule has 1 N–H and O–H groups in total. The van der Waals surface area contributed by atoms with E-state index in [1.807, 2.05) is 12.1 Å². The number of rotatable bonds is 7. The smallest absolute Gasteiger partial charge is 0.0756 e.